The van der Waals surface area contributed by atoms with Crippen LogP contribution in [0.3, 0.4) is 0 Å². The van der Waals surface area contributed by atoms with Gasteiger partial charge in [0.2, 0.25) is 6.41 Å². The van der Waals surface area contributed by atoms with Crippen LogP contribution in [-0.4, -0.2) is 26.5 Å². The van der Waals surface area contributed by atoms with E-state index in [9.17, 15) is 14.7 Å². The molecule has 0 fully saturated rings. The molecule has 0 saturated heterocycles. The van der Waals surface area contributed by atoms with Crippen LogP contribution < -0.4 is 10.9 Å². The number of amides is 1. The number of rotatable bonds is 6. The normalized spacial score (nSPS) is 12.0. The number of aromatic hydroxyl groups is 1. The van der Waals surface area contributed by atoms with Crippen molar-refractivity contribution in [2.24, 2.45) is 0 Å². The van der Waals surface area contributed by atoms with E-state index in [-0.39, 0.29) is 17.4 Å². The molecule has 146 valence electrons. The number of aromatic amines is 2. The van der Waals surface area contributed by atoms with Crippen LogP contribution in [0.5, 0.6) is 5.75 Å². The zero-order chi connectivity index (χ0) is 20.4. The molecule has 0 aliphatic rings. The molecule has 0 saturated carbocycles. The molecular weight excluding hydrogens is 392 g/mol. The fraction of sp³-hybridized carbons (Fsp3) is 0.0952. The Morgan fingerprint density at radius 3 is 2.69 bits per heavy atom. The molecule has 1 amide bonds. The zero-order valence-corrected chi connectivity index (χ0v) is 15.9. The molecule has 0 aliphatic heterocycles. The molecule has 4 N–H and O–H groups in total. The third-order valence-corrected chi connectivity index (χ3v) is 4.93. The summed E-state index contributed by atoms with van der Waals surface area (Å²) < 4.78 is 0. The van der Waals surface area contributed by atoms with Crippen molar-refractivity contribution in [1.29, 1.82) is 0 Å². The van der Waals surface area contributed by atoms with Crippen molar-refractivity contribution in [2.75, 3.05) is 0 Å². The van der Waals surface area contributed by atoms with E-state index in [1.807, 2.05) is 30.3 Å². The first kappa shape index (κ1) is 18.8. The van der Waals surface area contributed by atoms with Crippen molar-refractivity contribution in [1.82, 2.24) is 20.3 Å². The van der Waals surface area contributed by atoms with Gasteiger partial charge in [0.05, 0.1) is 11.6 Å². The molecule has 1 atom stereocenters. The highest BCUT2D eigenvalue weighted by Gasteiger charge is 2.19. The minimum Gasteiger partial charge on any atom is -0.507 e. The summed E-state index contributed by atoms with van der Waals surface area (Å²) >= 11 is 6.39. The molecular formula is C21H17ClN4O3. The van der Waals surface area contributed by atoms with E-state index in [4.69, 9.17) is 11.6 Å². The SMILES string of the molecule is O=CN[C@@H](Cc1ccccc1)c1nc(-c2ccc3[nH]c(=O)cc(O)c3c2)c(Cl)[nH]1. The van der Waals surface area contributed by atoms with Gasteiger partial charge in [-0.25, -0.2) is 4.98 Å². The maximum atomic E-state index is 11.5. The number of benzene rings is 2. The van der Waals surface area contributed by atoms with Gasteiger partial charge >= 0.3 is 0 Å². The quantitative estimate of drug-likeness (QED) is 0.367. The Morgan fingerprint density at radius 2 is 1.93 bits per heavy atom. The van der Waals surface area contributed by atoms with Gasteiger partial charge in [-0.1, -0.05) is 48.0 Å². The number of aromatic nitrogens is 3. The number of halogens is 1. The molecule has 2 aromatic heterocycles. The average Bonchev–Trinajstić information content (AvgIpc) is 3.10. The maximum Gasteiger partial charge on any atom is 0.252 e. The molecule has 0 bridgehead atoms. The highest BCUT2D eigenvalue weighted by atomic mass is 35.5. The van der Waals surface area contributed by atoms with Gasteiger partial charge in [0.1, 0.15) is 22.4 Å². The molecule has 2 heterocycles. The predicted molar refractivity (Wildman–Crippen MR) is 111 cm³/mol. The fourth-order valence-electron chi connectivity index (χ4n) is 3.28. The Balaban J connectivity index is 1.72. The third-order valence-electron chi connectivity index (χ3n) is 4.65. The minimum atomic E-state index is -0.383. The van der Waals surface area contributed by atoms with Crippen molar-refractivity contribution < 1.29 is 9.90 Å². The van der Waals surface area contributed by atoms with E-state index in [1.165, 1.54) is 0 Å². The lowest BCUT2D eigenvalue weighted by Crippen LogP contribution is -2.22. The number of nitrogens with one attached hydrogen (secondary N) is 3. The number of imidazole rings is 1. The largest absolute Gasteiger partial charge is 0.507 e. The second kappa shape index (κ2) is 7.81. The van der Waals surface area contributed by atoms with Crippen LogP contribution in [0.4, 0.5) is 0 Å². The maximum absolute atomic E-state index is 11.5. The van der Waals surface area contributed by atoms with Crippen LogP contribution in [0.2, 0.25) is 5.15 Å². The van der Waals surface area contributed by atoms with E-state index >= 15 is 0 Å². The Bertz CT molecular complexity index is 1230. The molecule has 0 unspecified atom stereocenters. The summed E-state index contributed by atoms with van der Waals surface area (Å²) in [6.07, 6.45) is 1.18. The fourth-order valence-corrected chi connectivity index (χ4v) is 3.52. The molecule has 8 heteroatoms. The summed E-state index contributed by atoms with van der Waals surface area (Å²) in [6.45, 7) is 0. The van der Waals surface area contributed by atoms with Crippen LogP contribution >= 0.6 is 11.6 Å². The highest BCUT2D eigenvalue weighted by Crippen LogP contribution is 2.32. The van der Waals surface area contributed by atoms with E-state index in [0.717, 1.165) is 11.6 Å². The lowest BCUT2D eigenvalue weighted by Gasteiger charge is -2.13. The van der Waals surface area contributed by atoms with Crippen molar-refractivity contribution in [3.05, 3.63) is 81.5 Å². The molecule has 0 aliphatic carbocycles. The van der Waals surface area contributed by atoms with Crippen molar-refractivity contribution >= 4 is 28.9 Å². The highest BCUT2D eigenvalue weighted by molar-refractivity contribution is 6.32. The molecule has 2 aromatic carbocycles. The van der Waals surface area contributed by atoms with Gasteiger partial charge in [0.25, 0.3) is 5.56 Å². The van der Waals surface area contributed by atoms with Crippen LogP contribution in [0.1, 0.15) is 17.4 Å². The first-order valence-electron chi connectivity index (χ1n) is 8.90. The molecule has 29 heavy (non-hydrogen) atoms. The number of carbonyl (C=O) groups is 1. The Labute approximate surface area is 170 Å². The zero-order valence-electron chi connectivity index (χ0n) is 15.1. The van der Waals surface area contributed by atoms with Gasteiger partial charge in [0, 0.05) is 17.0 Å². The van der Waals surface area contributed by atoms with Crippen molar-refractivity contribution in [2.45, 2.75) is 12.5 Å². The van der Waals surface area contributed by atoms with E-state index in [1.54, 1.807) is 18.2 Å². The predicted octanol–water partition coefficient (Wildman–Crippen LogP) is 3.31. The molecule has 4 rings (SSSR count). The number of hydrogen-bond acceptors (Lipinski definition) is 4. The number of nitrogens with zero attached hydrogens (tertiary/aromatic N) is 1. The van der Waals surface area contributed by atoms with Crippen molar-refractivity contribution in [3.8, 4) is 17.0 Å². The van der Waals surface area contributed by atoms with Gasteiger partial charge in [-0.05, 0) is 24.1 Å². The minimum absolute atomic E-state index is 0.123. The molecule has 4 aromatic rings. The Hall–Kier alpha value is -3.58. The summed E-state index contributed by atoms with van der Waals surface area (Å²) in [5, 5.41) is 13.7. The van der Waals surface area contributed by atoms with Gasteiger partial charge in [-0.2, -0.15) is 0 Å². The van der Waals surface area contributed by atoms with Gasteiger partial charge in [-0.15, -0.1) is 0 Å². The van der Waals surface area contributed by atoms with E-state index in [0.29, 0.717) is 46.0 Å². The number of H-pyrrole nitrogens is 2. The lowest BCUT2D eigenvalue weighted by atomic mass is 10.1. The molecule has 0 spiro atoms. The standard InChI is InChI=1S/C21H17ClN4O3/c22-20-19(13-6-7-15-14(9-13)17(28)10-18(29)24-15)25-21(26-20)16(23-11-27)8-12-4-2-1-3-5-12/h1-7,9-11,16H,8H2,(H,23,27)(H,25,26)(H2,24,28,29)/t16-/m0/s1. The van der Waals surface area contributed by atoms with Crippen molar-refractivity contribution in [3.63, 3.8) is 0 Å². The second-order valence-corrected chi connectivity index (χ2v) is 6.97. The smallest absolute Gasteiger partial charge is 0.252 e. The number of pyridine rings is 1. The number of fused-ring (bicyclic) bond motifs is 1. The van der Waals surface area contributed by atoms with E-state index in [2.05, 4.69) is 20.3 Å². The van der Waals surface area contributed by atoms with Crippen LogP contribution in [0.25, 0.3) is 22.2 Å². The van der Waals surface area contributed by atoms with Crippen LogP contribution in [0, 0.1) is 0 Å². The lowest BCUT2D eigenvalue weighted by molar-refractivity contribution is -0.110. The topological polar surface area (TPSA) is 111 Å². The van der Waals surface area contributed by atoms with Gasteiger partial charge in [0.15, 0.2) is 0 Å². The Morgan fingerprint density at radius 1 is 1.14 bits per heavy atom. The first-order chi connectivity index (χ1) is 14.0. The monoisotopic (exact) mass is 408 g/mol. The summed E-state index contributed by atoms with van der Waals surface area (Å²) in [5.41, 5.74) is 2.32. The second-order valence-electron chi connectivity index (χ2n) is 6.59. The average molecular weight is 409 g/mol. The van der Waals surface area contributed by atoms with Crippen LogP contribution in [0.15, 0.2) is 59.4 Å². The molecule has 7 nitrogen and oxygen atoms in total. The summed E-state index contributed by atoms with van der Waals surface area (Å²) in [6, 6.07) is 15.6. The Kier molecular flexibility index (Phi) is 5.05. The first-order valence-corrected chi connectivity index (χ1v) is 9.28. The summed E-state index contributed by atoms with van der Waals surface area (Å²) in [7, 11) is 0. The van der Waals surface area contributed by atoms with Gasteiger partial charge < -0.3 is 20.4 Å². The van der Waals surface area contributed by atoms with Gasteiger partial charge in [-0.3, -0.25) is 9.59 Å². The van der Waals surface area contributed by atoms with Crippen LogP contribution in [-0.2, 0) is 11.2 Å². The van der Waals surface area contributed by atoms with E-state index < -0.39 is 0 Å². The summed E-state index contributed by atoms with van der Waals surface area (Å²) in [5.74, 6) is 0.397. The summed E-state index contributed by atoms with van der Waals surface area (Å²) in [4.78, 5) is 32.9. The number of carbonyl (C=O) groups excluding carboxylic acids is 1. The number of hydrogen-bond donors (Lipinski definition) is 4. The molecule has 0 radical (unpaired) electrons. The third kappa shape index (κ3) is 3.86.